The fraction of sp³-hybridized carbons (Fsp3) is 0.579. The lowest BCUT2D eigenvalue weighted by Gasteiger charge is -2.52. The number of ether oxygens (including phenoxy) is 1. The average molecular weight is 359 g/mol. The summed E-state index contributed by atoms with van der Waals surface area (Å²) in [5.74, 6) is 1.71. The SMILES string of the molecule is Cc1cc(C(=O)N2CC3(CC[C@@H](CN(C)Cc4ccco4)CO3)C2)on1. The molecule has 4 rings (SSSR count). The molecule has 140 valence electrons. The summed E-state index contributed by atoms with van der Waals surface area (Å²) in [5, 5.41) is 3.78. The first-order valence-corrected chi connectivity index (χ1v) is 9.10. The highest BCUT2D eigenvalue weighted by molar-refractivity contribution is 5.92. The Morgan fingerprint density at radius 2 is 2.31 bits per heavy atom. The fourth-order valence-corrected chi connectivity index (χ4v) is 3.90. The van der Waals surface area contributed by atoms with Gasteiger partial charge in [0, 0.05) is 12.6 Å². The van der Waals surface area contributed by atoms with Gasteiger partial charge in [0.05, 0.1) is 38.2 Å². The number of carbonyl (C=O) groups is 1. The topological polar surface area (TPSA) is 72.0 Å². The van der Waals surface area contributed by atoms with Gasteiger partial charge in [-0.15, -0.1) is 0 Å². The molecule has 2 aromatic rings. The second-order valence-electron chi connectivity index (χ2n) is 7.67. The van der Waals surface area contributed by atoms with Crippen molar-refractivity contribution >= 4 is 5.91 Å². The van der Waals surface area contributed by atoms with E-state index in [-0.39, 0.29) is 11.5 Å². The zero-order valence-corrected chi connectivity index (χ0v) is 15.3. The van der Waals surface area contributed by atoms with Crippen LogP contribution in [-0.4, -0.2) is 59.8 Å². The number of hydrogen-bond donors (Lipinski definition) is 0. The van der Waals surface area contributed by atoms with Crippen LogP contribution < -0.4 is 0 Å². The van der Waals surface area contributed by atoms with Crippen molar-refractivity contribution in [3.63, 3.8) is 0 Å². The second-order valence-corrected chi connectivity index (χ2v) is 7.67. The lowest BCUT2D eigenvalue weighted by molar-refractivity contribution is -0.168. The Kier molecular flexibility index (Phi) is 4.58. The molecule has 2 saturated heterocycles. The van der Waals surface area contributed by atoms with Gasteiger partial charge < -0.3 is 18.6 Å². The highest BCUT2D eigenvalue weighted by Crippen LogP contribution is 2.37. The Balaban J connectivity index is 1.22. The number of amides is 1. The maximum Gasteiger partial charge on any atom is 0.292 e. The minimum absolute atomic E-state index is 0.0971. The number of likely N-dealkylation sites (tertiary alicyclic amines) is 1. The predicted octanol–water partition coefficient (Wildman–Crippen LogP) is 2.33. The van der Waals surface area contributed by atoms with E-state index < -0.39 is 0 Å². The lowest BCUT2D eigenvalue weighted by Crippen LogP contribution is -2.66. The first kappa shape index (κ1) is 17.3. The van der Waals surface area contributed by atoms with Crippen molar-refractivity contribution in [2.24, 2.45) is 5.92 Å². The Labute approximate surface area is 152 Å². The summed E-state index contributed by atoms with van der Waals surface area (Å²) in [6.45, 7) is 5.63. The summed E-state index contributed by atoms with van der Waals surface area (Å²) < 4.78 is 16.7. The van der Waals surface area contributed by atoms with Gasteiger partial charge in [0.25, 0.3) is 5.91 Å². The summed E-state index contributed by atoms with van der Waals surface area (Å²) in [6, 6.07) is 5.60. The predicted molar refractivity (Wildman–Crippen MR) is 93.6 cm³/mol. The molecule has 7 heteroatoms. The van der Waals surface area contributed by atoms with Crippen LogP contribution in [0.5, 0.6) is 0 Å². The number of hydrogen-bond acceptors (Lipinski definition) is 6. The molecule has 2 aliphatic heterocycles. The quantitative estimate of drug-likeness (QED) is 0.816. The van der Waals surface area contributed by atoms with Crippen molar-refractivity contribution in [3.05, 3.63) is 41.7 Å². The Hall–Kier alpha value is -2.12. The molecule has 2 fully saturated rings. The van der Waals surface area contributed by atoms with Crippen LogP contribution in [0.2, 0.25) is 0 Å². The molecule has 7 nitrogen and oxygen atoms in total. The molecule has 1 spiro atoms. The van der Waals surface area contributed by atoms with Gasteiger partial charge in [-0.3, -0.25) is 9.69 Å². The van der Waals surface area contributed by atoms with Gasteiger partial charge >= 0.3 is 0 Å². The van der Waals surface area contributed by atoms with E-state index in [0.29, 0.717) is 24.8 Å². The highest BCUT2D eigenvalue weighted by Gasteiger charge is 2.49. The highest BCUT2D eigenvalue weighted by atomic mass is 16.5. The van der Waals surface area contributed by atoms with E-state index in [4.69, 9.17) is 13.7 Å². The minimum Gasteiger partial charge on any atom is -0.468 e. The Bertz CT molecular complexity index is 739. The third-order valence-corrected chi connectivity index (χ3v) is 5.29. The molecule has 1 atom stereocenters. The molecule has 26 heavy (non-hydrogen) atoms. The molecule has 4 heterocycles. The normalized spacial score (nSPS) is 22.0. The molecule has 0 N–H and O–H groups in total. The molecule has 0 bridgehead atoms. The van der Waals surface area contributed by atoms with Crippen LogP contribution in [0.3, 0.4) is 0 Å². The van der Waals surface area contributed by atoms with E-state index in [2.05, 4.69) is 17.1 Å². The summed E-state index contributed by atoms with van der Waals surface area (Å²) in [5.41, 5.74) is 0.555. The Morgan fingerprint density at radius 1 is 1.46 bits per heavy atom. The monoisotopic (exact) mass is 359 g/mol. The molecule has 2 aliphatic rings. The summed E-state index contributed by atoms with van der Waals surface area (Å²) in [4.78, 5) is 16.4. The summed E-state index contributed by atoms with van der Waals surface area (Å²) >= 11 is 0. The van der Waals surface area contributed by atoms with E-state index >= 15 is 0 Å². The molecular formula is C19H25N3O4. The smallest absolute Gasteiger partial charge is 0.292 e. The second kappa shape index (κ2) is 6.89. The molecule has 2 aromatic heterocycles. The molecular weight excluding hydrogens is 334 g/mol. The molecule has 0 aliphatic carbocycles. The van der Waals surface area contributed by atoms with Crippen molar-refractivity contribution in [1.82, 2.24) is 15.0 Å². The zero-order valence-electron chi connectivity index (χ0n) is 15.3. The molecule has 0 aromatic carbocycles. The van der Waals surface area contributed by atoms with Gasteiger partial charge in [-0.05, 0) is 44.9 Å². The standard InChI is InChI=1S/C19H25N3O4/c1-14-8-17(26-20-14)18(23)22-12-19(13-22)6-5-15(11-25-19)9-21(2)10-16-4-3-7-24-16/h3-4,7-8,15H,5-6,9-13H2,1-2H3/t15-/m0/s1. The minimum atomic E-state index is -0.166. The lowest BCUT2D eigenvalue weighted by atomic mass is 9.82. The van der Waals surface area contributed by atoms with Crippen molar-refractivity contribution < 1.29 is 18.5 Å². The van der Waals surface area contributed by atoms with E-state index in [9.17, 15) is 4.79 Å². The van der Waals surface area contributed by atoms with Crippen molar-refractivity contribution in [3.8, 4) is 0 Å². The van der Waals surface area contributed by atoms with E-state index in [1.54, 1.807) is 17.2 Å². The van der Waals surface area contributed by atoms with Gasteiger partial charge in [0.15, 0.2) is 0 Å². The van der Waals surface area contributed by atoms with Crippen LogP contribution in [0, 0.1) is 12.8 Å². The van der Waals surface area contributed by atoms with Gasteiger partial charge in [-0.1, -0.05) is 5.16 Å². The van der Waals surface area contributed by atoms with Crippen LogP contribution >= 0.6 is 0 Å². The first-order valence-electron chi connectivity index (χ1n) is 9.10. The van der Waals surface area contributed by atoms with Gasteiger partial charge in [-0.2, -0.15) is 0 Å². The maximum atomic E-state index is 12.3. The van der Waals surface area contributed by atoms with Gasteiger partial charge in [-0.25, -0.2) is 0 Å². The van der Waals surface area contributed by atoms with Crippen molar-refractivity contribution in [2.75, 3.05) is 33.3 Å². The Morgan fingerprint density at radius 3 is 2.92 bits per heavy atom. The number of carbonyl (C=O) groups excluding carboxylic acids is 1. The van der Waals surface area contributed by atoms with Crippen molar-refractivity contribution in [1.29, 1.82) is 0 Å². The number of furan rings is 1. The summed E-state index contributed by atoms with van der Waals surface area (Å²) in [6.07, 6.45) is 3.82. The molecule has 0 unspecified atom stereocenters. The number of rotatable bonds is 5. The number of aryl methyl sites for hydroxylation is 1. The molecule has 1 amide bonds. The van der Waals surface area contributed by atoms with Gasteiger partial charge in [0.1, 0.15) is 11.4 Å². The van der Waals surface area contributed by atoms with Crippen LogP contribution in [0.25, 0.3) is 0 Å². The average Bonchev–Trinajstić information content (AvgIpc) is 3.24. The maximum absolute atomic E-state index is 12.3. The van der Waals surface area contributed by atoms with Crippen LogP contribution in [-0.2, 0) is 11.3 Å². The molecule has 0 radical (unpaired) electrons. The summed E-state index contributed by atoms with van der Waals surface area (Å²) in [7, 11) is 2.11. The third kappa shape index (κ3) is 3.54. The van der Waals surface area contributed by atoms with E-state index in [1.807, 2.05) is 19.1 Å². The van der Waals surface area contributed by atoms with Gasteiger partial charge in [0.2, 0.25) is 5.76 Å². The fourth-order valence-electron chi connectivity index (χ4n) is 3.90. The number of nitrogens with zero attached hydrogens (tertiary/aromatic N) is 3. The van der Waals surface area contributed by atoms with Crippen LogP contribution in [0.1, 0.15) is 34.9 Å². The van der Waals surface area contributed by atoms with Crippen molar-refractivity contribution in [2.45, 2.75) is 31.9 Å². The zero-order chi connectivity index (χ0) is 18.1. The molecule has 0 saturated carbocycles. The first-order chi connectivity index (χ1) is 12.5. The van der Waals surface area contributed by atoms with Crippen LogP contribution in [0.4, 0.5) is 0 Å². The largest absolute Gasteiger partial charge is 0.468 e. The van der Waals surface area contributed by atoms with E-state index in [0.717, 1.165) is 44.0 Å². The van der Waals surface area contributed by atoms with Crippen LogP contribution in [0.15, 0.2) is 33.4 Å². The third-order valence-electron chi connectivity index (χ3n) is 5.29. The van der Waals surface area contributed by atoms with E-state index in [1.165, 1.54) is 0 Å². The number of aromatic nitrogens is 1.